The lowest BCUT2D eigenvalue weighted by Gasteiger charge is -2.18. The van der Waals surface area contributed by atoms with E-state index >= 15 is 0 Å². The number of methoxy groups -OCH3 is 1. The van der Waals surface area contributed by atoms with E-state index in [0.717, 1.165) is 24.6 Å². The molecule has 1 aromatic rings. The molecule has 2 nitrogen and oxygen atoms in total. The van der Waals surface area contributed by atoms with Crippen LogP contribution >= 0.6 is 0 Å². The van der Waals surface area contributed by atoms with Crippen LogP contribution < -0.4 is 4.74 Å². The van der Waals surface area contributed by atoms with Crippen LogP contribution in [-0.4, -0.2) is 19.4 Å². The Morgan fingerprint density at radius 2 is 2.12 bits per heavy atom. The number of fused-ring (bicyclic) bond motifs is 1. The Hall–Kier alpha value is -1.31. The van der Waals surface area contributed by atoms with E-state index in [9.17, 15) is 0 Å². The van der Waals surface area contributed by atoms with Gasteiger partial charge >= 0.3 is 0 Å². The summed E-state index contributed by atoms with van der Waals surface area (Å²) in [5.74, 6) is 1.81. The SMILES string of the molecule is COc1cc2c(cc1C1CC1)C(C)=NCC2. The minimum atomic E-state index is 0.731. The van der Waals surface area contributed by atoms with Gasteiger partial charge in [-0.3, -0.25) is 4.99 Å². The first-order valence-electron chi connectivity index (χ1n) is 6.02. The van der Waals surface area contributed by atoms with Gasteiger partial charge in [-0.25, -0.2) is 0 Å². The fourth-order valence-electron chi connectivity index (χ4n) is 2.50. The van der Waals surface area contributed by atoms with Gasteiger partial charge in [-0.05, 0) is 60.9 Å². The zero-order chi connectivity index (χ0) is 11.1. The molecule has 3 rings (SSSR count). The zero-order valence-corrected chi connectivity index (χ0v) is 9.92. The van der Waals surface area contributed by atoms with Gasteiger partial charge in [0.1, 0.15) is 5.75 Å². The number of ether oxygens (including phenoxy) is 1. The van der Waals surface area contributed by atoms with Gasteiger partial charge in [-0.15, -0.1) is 0 Å². The zero-order valence-electron chi connectivity index (χ0n) is 9.92. The van der Waals surface area contributed by atoms with Gasteiger partial charge in [-0.1, -0.05) is 0 Å². The first-order chi connectivity index (χ1) is 7.79. The van der Waals surface area contributed by atoms with E-state index in [0.29, 0.717) is 0 Å². The Bertz CT molecular complexity index is 458. The predicted molar refractivity (Wildman–Crippen MR) is 65.8 cm³/mol. The molecule has 0 radical (unpaired) electrons. The third-order valence-corrected chi connectivity index (χ3v) is 3.59. The van der Waals surface area contributed by atoms with E-state index < -0.39 is 0 Å². The van der Waals surface area contributed by atoms with Gasteiger partial charge in [0.2, 0.25) is 0 Å². The van der Waals surface area contributed by atoms with Crippen molar-refractivity contribution in [3.63, 3.8) is 0 Å². The van der Waals surface area contributed by atoms with Crippen LogP contribution in [0.5, 0.6) is 5.75 Å². The van der Waals surface area contributed by atoms with Gasteiger partial charge in [0.25, 0.3) is 0 Å². The molecule has 1 heterocycles. The fourth-order valence-corrected chi connectivity index (χ4v) is 2.50. The van der Waals surface area contributed by atoms with Crippen molar-refractivity contribution in [2.45, 2.75) is 32.1 Å². The second-order valence-corrected chi connectivity index (χ2v) is 4.74. The second kappa shape index (κ2) is 3.62. The molecule has 84 valence electrons. The third-order valence-electron chi connectivity index (χ3n) is 3.59. The molecule has 2 aliphatic rings. The molecule has 16 heavy (non-hydrogen) atoms. The molecule has 0 saturated heterocycles. The average Bonchev–Trinajstić information content (AvgIpc) is 3.12. The molecule has 0 aromatic heterocycles. The molecular formula is C14H17NO. The summed E-state index contributed by atoms with van der Waals surface area (Å²) in [5.41, 5.74) is 5.31. The summed E-state index contributed by atoms with van der Waals surface area (Å²) in [6.07, 6.45) is 3.67. The fraction of sp³-hybridized carbons (Fsp3) is 0.500. The first-order valence-corrected chi connectivity index (χ1v) is 6.02. The Labute approximate surface area is 96.3 Å². The second-order valence-electron chi connectivity index (χ2n) is 4.74. The summed E-state index contributed by atoms with van der Waals surface area (Å²) in [7, 11) is 1.78. The molecule has 0 spiro atoms. The molecule has 1 aliphatic carbocycles. The lowest BCUT2D eigenvalue weighted by molar-refractivity contribution is 0.409. The summed E-state index contributed by atoms with van der Waals surface area (Å²) in [6.45, 7) is 3.03. The summed E-state index contributed by atoms with van der Waals surface area (Å²) >= 11 is 0. The molecular weight excluding hydrogens is 198 g/mol. The summed E-state index contributed by atoms with van der Waals surface area (Å²) in [5, 5.41) is 0. The number of aliphatic imine (C=N–C) groups is 1. The van der Waals surface area contributed by atoms with Crippen LogP contribution in [0.1, 0.15) is 42.4 Å². The highest BCUT2D eigenvalue weighted by molar-refractivity contribution is 6.01. The number of nitrogens with zero attached hydrogens (tertiary/aromatic N) is 1. The Morgan fingerprint density at radius 3 is 2.81 bits per heavy atom. The van der Waals surface area contributed by atoms with Gasteiger partial charge in [-0.2, -0.15) is 0 Å². The first kappa shape index (κ1) is 9.88. The van der Waals surface area contributed by atoms with E-state index in [1.54, 1.807) is 7.11 Å². The van der Waals surface area contributed by atoms with E-state index in [-0.39, 0.29) is 0 Å². The Morgan fingerprint density at radius 1 is 1.31 bits per heavy atom. The van der Waals surface area contributed by atoms with Gasteiger partial charge in [0.15, 0.2) is 0 Å². The standard InChI is InChI=1S/C14H17NO/c1-9-12-8-13(10-3-4-10)14(16-2)7-11(12)5-6-15-9/h7-8,10H,3-6H2,1-2H3. The van der Waals surface area contributed by atoms with Crippen LogP contribution in [0.2, 0.25) is 0 Å². The van der Waals surface area contributed by atoms with Crippen molar-refractivity contribution in [3.05, 3.63) is 28.8 Å². The Kier molecular flexibility index (Phi) is 2.23. The predicted octanol–water partition coefficient (Wildman–Crippen LogP) is 2.94. The van der Waals surface area contributed by atoms with Crippen molar-refractivity contribution in [1.29, 1.82) is 0 Å². The minimum Gasteiger partial charge on any atom is -0.496 e. The maximum Gasteiger partial charge on any atom is 0.122 e. The monoisotopic (exact) mass is 215 g/mol. The molecule has 0 unspecified atom stereocenters. The minimum absolute atomic E-state index is 0.731. The van der Waals surface area contributed by atoms with Gasteiger partial charge in [0, 0.05) is 12.3 Å². The lowest BCUT2D eigenvalue weighted by atomic mass is 9.94. The van der Waals surface area contributed by atoms with Crippen molar-refractivity contribution in [2.75, 3.05) is 13.7 Å². The largest absolute Gasteiger partial charge is 0.496 e. The van der Waals surface area contributed by atoms with Gasteiger partial charge in [0.05, 0.1) is 7.11 Å². The molecule has 0 amide bonds. The topological polar surface area (TPSA) is 21.6 Å². The molecule has 1 aromatic carbocycles. The van der Waals surface area contributed by atoms with Crippen molar-refractivity contribution in [2.24, 2.45) is 4.99 Å². The van der Waals surface area contributed by atoms with E-state index in [4.69, 9.17) is 4.74 Å². The summed E-state index contributed by atoms with van der Waals surface area (Å²) in [6, 6.07) is 4.53. The van der Waals surface area contributed by atoms with E-state index in [1.165, 1.54) is 35.2 Å². The van der Waals surface area contributed by atoms with Crippen LogP contribution in [0.3, 0.4) is 0 Å². The van der Waals surface area contributed by atoms with Crippen LogP contribution in [-0.2, 0) is 6.42 Å². The maximum absolute atomic E-state index is 5.51. The van der Waals surface area contributed by atoms with E-state index in [2.05, 4.69) is 24.0 Å². The van der Waals surface area contributed by atoms with Crippen LogP contribution in [0.25, 0.3) is 0 Å². The quantitative estimate of drug-likeness (QED) is 0.743. The number of hydrogen-bond donors (Lipinski definition) is 0. The van der Waals surface area contributed by atoms with Crippen LogP contribution in [0.4, 0.5) is 0 Å². The number of rotatable bonds is 2. The third kappa shape index (κ3) is 1.53. The van der Waals surface area contributed by atoms with Gasteiger partial charge < -0.3 is 4.74 Å². The molecule has 1 saturated carbocycles. The molecule has 0 N–H and O–H groups in total. The normalized spacial score (nSPS) is 19.0. The van der Waals surface area contributed by atoms with Crippen molar-refractivity contribution in [1.82, 2.24) is 0 Å². The Balaban J connectivity index is 2.13. The average molecular weight is 215 g/mol. The molecule has 1 aliphatic heterocycles. The molecule has 2 heteroatoms. The summed E-state index contributed by atoms with van der Waals surface area (Å²) < 4.78 is 5.51. The smallest absolute Gasteiger partial charge is 0.122 e. The van der Waals surface area contributed by atoms with Crippen LogP contribution in [0.15, 0.2) is 17.1 Å². The van der Waals surface area contributed by atoms with Crippen molar-refractivity contribution < 1.29 is 4.74 Å². The van der Waals surface area contributed by atoms with Crippen molar-refractivity contribution in [3.8, 4) is 5.75 Å². The number of benzene rings is 1. The molecule has 0 atom stereocenters. The number of hydrogen-bond acceptors (Lipinski definition) is 2. The van der Waals surface area contributed by atoms with Crippen LogP contribution in [0, 0.1) is 0 Å². The van der Waals surface area contributed by atoms with E-state index in [1.807, 2.05) is 0 Å². The van der Waals surface area contributed by atoms with Crippen molar-refractivity contribution >= 4 is 5.71 Å². The summed E-state index contributed by atoms with van der Waals surface area (Å²) in [4.78, 5) is 4.52. The highest BCUT2D eigenvalue weighted by Crippen LogP contribution is 2.45. The molecule has 1 fully saturated rings. The highest BCUT2D eigenvalue weighted by Gasteiger charge is 2.28. The molecule has 0 bridgehead atoms. The maximum atomic E-state index is 5.51. The highest BCUT2D eigenvalue weighted by atomic mass is 16.5. The lowest BCUT2D eigenvalue weighted by Crippen LogP contribution is -2.11.